The van der Waals surface area contributed by atoms with Crippen LogP contribution in [-0.4, -0.2) is 29.7 Å². The van der Waals surface area contributed by atoms with E-state index in [-0.39, 0.29) is 11.6 Å². The van der Waals surface area contributed by atoms with Crippen molar-refractivity contribution in [1.82, 2.24) is 15.3 Å². The van der Waals surface area contributed by atoms with E-state index in [0.717, 1.165) is 61.5 Å². The number of hydrogen-bond acceptors (Lipinski definition) is 5. The van der Waals surface area contributed by atoms with Gasteiger partial charge in [0, 0.05) is 18.1 Å². The fourth-order valence-corrected chi connectivity index (χ4v) is 4.69. The fourth-order valence-electron chi connectivity index (χ4n) is 3.30. The summed E-state index contributed by atoms with van der Waals surface area (Å²) >= 11 is 1.71. The first-order chi connectivity index (χ1) is 11.6. The van der Waals surface area contributed by atoms with E-state index in [1.54, 1.807) is 11.3 Å². The lowest BCUT2D eigenvalue weighted by Gasteiger charge is -2.17. The molecular formula is C18H27N3O2S. The van der Waals surface area contributed by atoms with Crippen LogP contribution in [0.3, 0.4) is 0 Å². The summed E-state index contributed by atoms with van der Waals surface area (Å²) < 4.78 is 5.34. The van der Waals surface area contributed by atoms with Crippen LogP contribution in [0.5, 0.6) is 0 Å². The van der Waals surface area contributed by atoms with Gasteiger partial charge < -0.3 is 15.0 Å². The zero-order valence-corrected chi connectivity index (χ0v) is 15.6. The van der Waals surface area contributed by atoms with Gasteiger partial charge >= 0.3 is 0 Å². The summed E-state index contributed by atoms with van der Waals surface area (Å²) in [5.74, 6) is 1.44. The summed E-state index contributed by atoms with van der Waals surface area (Å²) in [4.78, 5) is 22.6. The highest BCUT2D eigenvalue weighted by Crippen LogP contribution is 2.35. The number of hydrogen-bond donors (Lipinski definition) is 2. The van der Waals surface area contributed by atoms with Crippen molar-refractivity contribution < 1.29 is 4.74 Å². The van der Waals surface area contributed by atoms with Crippen LogP contribution in [0.1, 0.15) is 55.9 Å². The topological polar surface area (TPSA) is 67.0 Å². The van der Waals surface area contributed by atoms with Crippen LogP contribution < -0.4 is 10.9 Å². The second-order valence-corrected chi connectivity index (χ2v) is 7.79. The van der Waals surface area contributed by atoms with E-state index >= 15 is 0 Å². The summed E-state index contributed by atoms with van der Waals surface area (Å²) in [6, 6.07) is 0.0294. The molecular weight excluding hydrogens is 322 g/mol. The molecule has 0 bridgehead atoms. The molecule has 0 radical (unpaired) electrons. The van der Waals surface area contributed by atoms with Crippen LogP contribution in [0, 0.1) is 5.92 Å². The Hall–Kier alpha value is -1.24. The molecule has 6 heteroatoms. The summed E-state index contributed by atoms with van der Waals surface area (Å²) in [5, 5.41) is 4.24. The lowest BCUT2D eigenvalue weighted by Crippen LogP contribution is -2.25. The molecule has 0 saturated heterocycles. The molecule has 0 saturated carbocycles. The first-order valence-corrected chi connectivity index (χ1v) is 9.77. The number of nitrogens with one attached hydrogen (secondary N) is 2. The minimum atomic E-state index is 0.0185. The van der Waals surface area contributed by atoms with Gasteiger partial charge in [-0.05, 0) is 57.6 Å². The Morgan fingerprint density at radius 2 is 2.33 bits per heavy atom. The van der Waals surface area contributed by atoms with Gasteiger partial charge in [-0.3, -0.25) is 4.79 Å². The van der Waals surface area contributed by atoms with Crippen molar-refractivity contribution in [3.05, 3.63) is 26.6 Å². The predicted octanol–water partition coefficient (Wildman–Crippen LogP) is 3.19. The molecule has 0 spiro atoms. The van der Waals surface area contributed by atoms with Crippen molar-refractivity contribution in [2.45, 2.75) is 52.5 Å². The lowest BCUT2D eigenvalue weighted by molar-refractivity contribution is 0.144. The molecule has 2 N–H and O–H groups in total. The summed E-state index contributed by atoms with van der Waals surface area (Å²) in [7, 11) is 0. The van der Waals surface area contributed by atoms with Crippen molar-refractivity contribution in [3.63, 3.8) is 0 Å². The van der Waals surface area contributed by atoms with Crippen LogP contribution in [0.15, 0.2) is 4.79 Å². The summed E-state index contributed by atoms with van der Waals surface area (Å²) in [6.45, 7) is 8.69. The normalized spacial score (nSPS) is 18.7. The van der Waals surface area contributed by atoms with Crippen molar-refractivity contribution in [2.24, 2.45) is 5.92 Å². The second-order valence-electron chi connectivity index (χ2n) is 6.71. The molecule has 24 heavy (non-hydrogen) atoms. The standard InChI is InChI=1S/C18H27N3O2S/c1-4-23-9-5-8-19-12(3)16-20-17(22)15-13-7-6-11(2)10-14(13)24-18(15)21-16/h11-12,19H,4-10H2,1-3H3,(H,20,21,22)/t11-,12+/m0/s1. The van der Waals surface area contributed by atoms with Crippen LogP contribution in [-0.2, 0) is 17.6 Å². The molecule has 1 aliphatic carbocycles. The van der Waals surface area contributed by atoms with E-state index in [4.69, 9.17) is 9.72 Å². The van der Waals surface area contributed by atoms with Crippen LogP contribution in [0.2, 0.25) is 0 Å². The molecule has 3 rings (SSSR count). The Bertz CT molecular complexity index is 753. The smallest absolute Gasteiger partial charge is 0.259 e. The summed E-state index contributed by atoms with van der Waals surface area (Å²) in [5.41, 5.74) is 1.26. The first-order valence-electron chi connectivity index (χ1n) is 8.95. The van der Waals surface area contributed by atoms with Crippen LogP contribution >= 0.6 is 11.3 Å². The number of aryl methyl sites for hydroxylation is 1. The van der Waals surface area contributed by atoms with E-state index in [1.165, 1.54) is 10.4 Å². The van der Waals surface area contributed by atoms with Crippen LogP contribution in [0.25, 0.3) is 10.2 Å². The molecule has 0 amide bonds. The van der Waals surface area contributed by atoms with Gasteiger partial charge in [-0.1, -0.05) is 6.92 Å². The van der Waals surface area contributed by atoms with Gasteiger partial charge in [0.05, 0.1) is 11.4 Å². The maximum Gasteiger partial charge on any atom is 0.259 e. The van der Waals surface area contributed by atoms with Gasteiger partial charge in [0.15, 0.2) is 0 Å². The van der Waals surface area contributed by atoms with Gasteiger partial charge in [-0.15, -0.1) is 11.3 Å². The maximum atomic E-state index is 12.6. The molecule has 0 unspecified atom stereocenters. The molecule has 0 fully saturated rings. The van der Waals surface area contributed by atoms with Gasteiger partial charge in [0.2, 0.25) is 0 Å². The van der Waals surface area contributed by atoms with E-state index in [2.05, 4.69) is 17.2 Å². The molecule has 2 aromatic rings. The number of aromatic nitrogens is 2. The van der Waals surface area contributed by atoms with Crippen molar-refractivity contribution >= 4 is 21.6 Å². The van der Waals surface area contributed by atoms with Crippen molar-refractivity contribution in [1.29, 1.82) is 0 Å². The predicted molar refractivity (Wildman–Crippen MR) is 99.0 cm³/mol. The SMILES string of the molecule is CCOCCCN[C@H](C)c1nc2sc3c(c2c(=O)[nH]1)CC[C@H](C)C3. The van der Waals surface area contributed by atoms with Gasteiger partial charge in [-0.25, -0.2) is 4.98 Å². The average molecular weight is 350 g/mol. The lowest BCUT2D eigenvalue weighted by atomic mass is 9.89. The second kappa shape index (κ2) is 7.76. The monoisotopic (exact) mass is 349 g/mol. The maximum absolute atomic E-state index is 12.6. The average Bonchev–Trinajstić information content (AvgIpc) is 2.92. The molecule has 2 aromatic heterocycles. The Morgan fingerprint density at radius 3 is 3.12 bits per heavy atom. The molecule has 5 nitrogen and oxygen atoms in total. The molecule has 2 atom stereocenters. The number of H-pyrrole nitrogens is 1. The molecule has 2 heterocycles. The number of nitrogens with zero attached hydrogens (tertiary/aromatic N) is 1. The molecule has 1 aliphatic rings. The Kier molecular flexibility index (Phi) is 5.69. The Morgan fingerprint density at radius 1 is 1.50 bits per heavy atom. The van der Waals surface area contributed by atoms with Gasteiger partial charge in [0.25, 0.3) is 5.56 Å². The Balaban J connectivity index is 1.77. The van der Waals surface area contributed by atoms with E-state index < -0.39 is 0 Å². The molecule has 0 aromatic carbocycles. The number of rotatable bonds is 7. The minimum absolute atomic E-state index is 0.0185. The van der Waals surface area contributed by atoms with Gasteiger partial charge in [0.1, 0.15) is 10.7 Å². The minimum Gasteiger partial charge on any atom is -0.382 e. The van der Waals surface area contributed by atoms with Crippen molar-refractivity contribution in [2.75, 3.05) is 19.8 Å². The highest BCUT2D eigenvalue weighted by molar-refractivity contribution is 7.18. The summed E-state index contributed by atoms with van der Waals surface area (Å²) in [6.07, 6.45) is 4.20. The van der Waals surface area contributed by atoms with E-state index in [1.807, 2.05) is 13.8 Å². The number of fused-ring (bicyclic) bond motifs is 3. The zero-order chi connectivity index (χ0) is 17.1. The molecule has 132 valence electrons. The van der Waals surface area contributed by atoms with E-state index in [9.17, 15) is 4.79 Å². The Labute approximate surface area is 146 Å². The highest BCUT2D eigenvalue weighted by Gasteiger charge is 2.23. The fraction of sp³-hybridized carbons (Fsp3) is 0.667. The number of thiophene rings is 1. The third kappa shape index (κ3) is 3.71. The third-order valence-electron chi connectivity index (χ3n) is 4.71. The largest absolute Gasteiger partial charge is 0.382 e. The zero-order valence-electron chi connectivity index (χ0n) is 14.8. The quantitative estimate of drug-likeness (QED) is 0.754. The highest BCUT2D eigenvalue weighted by atomic mass is 32.1. The number of ether oxygens (including phenoxy) is 1. The number of aromatic amines is 1. The van der Waals surface area contributed by atoms with Gasteiger partial charge in [-0.2, -0.15) is 0 Å². The van der Waals surface area contributed by atoms with Crippen LogP contribution in [0.4, 0.5) is 0 Å². The molecule has 0 aliphatic heterocycles. The van der Waals surface area contributed by atoms with E-state index in [0.29, 0.717) is 5.92 Å². The van der Waals surface area contributed by atoms with Crippen molar-refractivity contribution in [3.8, 4) is 0 Å². The third-order valence-corrected chi connectivity index (χ3v) is 5.86. The first kappa shape index (κ1) is 17.6.